The number of benzene rings is 1. The zero-order valence-corrected chi connectivity index (χ0v) is 14.9. The molecule has 5 nitrogen and oxygen atoms in total. The zero-order valence-electron chi connectivity index (χ0n) is 14.9. The van der Waals surface area contributed by atoms with Crippen molar-refractivity contribution in [1.82, 2.24) is 10.2 Å². The minimum Gasteiger partial charge on any atom is -0.497 e. The van der Waals surface area contributed by atoms with Crippen molar-refractivity contribution in [2.45, 2.75) is 38.3 Å². The average molecular weight is 332 g/mol. The van der Waals surface area contributed by atoms with Crippen LogP contribution in [-0.2, 0) is 9.53 Å². The predicted molar refractivity (Wildman–Crippen MR) is 93.1 cm³/mol. The van der Waals surface area contributed by atoms with Crippen molar-refractivity contribution in [3.05, 3.63) is 29.8 Å². The molecular formula is C19H28N2O3. The molecule has 1 aliphatic carbocycles. The van der Waals surface area contributed by atoms with Gasteiger partial charge in [-0.25, -0.2) is 0 Å². The first kappa shape index (κ1) is 17.2. The first-order chi connectivity index (χ1) is 11.5. The minimum absolute atomic E-state index is 0.0976. The number of nitrogens with zero attached hydrogens (tertiary/aromatic N) is 1. The quantitative estimate of drug-likeness (QED) is 0.869. The Hall–Kier alpha value is -1.59. The summed E-state index contributed by atoms with van der Waals surface area (Å²) in [4.78, 5) is 14.7. The molecule has 2 aliphatic rings. The lowest BCUT2D eigenvalue weighted by Crippen LogP contribution is -2.51. The molecule has 5 heteroatoms. The van der Waals surface area contributed by atoms with Crippen LogP contribution in [0, 0.1) is 5.92 Å². The molecule has 0 spiro atoms. The molecule has 1 aliphatic heterocycles. The number of ether oxygens (including phenoxy) is 2. The van der Waals surface area contributed by atoms with Gasteiger partial charge in [0, 0.05) is 13.1 Å². The molecule has 1 heterocycles. The Morgan fingerprint density at radius 1 is 1.38 bits per heavy atom. The fourth-order valence-electron chi connectivity index (χ4n) is 3.39. The Labute approximate surface area is 144 Å². The van der Waals surface area contributed by atoms with E-state index in [-0.39, 0.29) is 17.6 Å². The molecule has 0 bridgehead atoms. The van der Waals surface area contributed by atoms with Gasteiger partial charge in [0.15, 0.2) is 0 Å². The van der Waals surface area contributed by atoms with Crippen LogP contribution >= 0.6 is 0 Å². The highest BCUT2D eigenvalue weighted by molar-refractivity contribution is 5.78. The average Bonchev–Trinajstić information content (AvgIpc) is 3.36. The summed E-state index contributed by atoms with van der Waals surface area (Å²) in [5, 5.41) is 3.25. The lowest BCUT2D eigenvalue weighted by Gasteiger charge is -2.37. The fraction of sp³-hybridized carbons (Fsp3) is 0.632. The van der Waals surface area contributed by atoms with Crippen LogP contribution in [0.3, 0.4) is 0 Å². The van der Waals surface area contributed by atoms with Gasteiger partial charge in [-0.1, -0.05) is 12.1 Å². The Morgan fingerprint density at radius 3 is 2.67 bits per heavy atom. The number of nitrogens with one attached hydrogen (secondary N) is 1. The number of morpholine rings is 1. The van der Waals surface area contributed by atoms with Crippen LogP contribution in [-0.4, -0.2) is 49.8 Å². The highest BCUT2D eigenvalue weighted by atomic mass is 16.5. The van der Waals surface area contributed by atoms with Gasteiger partial charge in [-0.15, -0.1) is 0 Å². The third-order valence-corrected chi connectivity index (χ3v) is 4.76. The molecule has 1 aromatic carbocycles. The maximum Gasteiger partial charge on any atom is 0.234 e. The first-order valence-corrected chi connectivity index (χ1v) is 8.76. The molecule has 1 N–H and O–H groups in total. The molecule has 24 heavy (non-hydrogen) atoms. The van der Waals surface area contributed by atoms with E-state index in [9.17, 15) is 4.79 Å². The Morgan fingerprint density at radius 2 is 2.08 bits per heavy atom. The van der Waals surface area contributed by atoms with E-state index >= 15 is 0 Å². The Balaban J connectivity index is 1.60. The van der Waals surface area contributed by atoms with Crippen LogP contribution in [0.4, 0.5) is 0 Å². The molecule has 1 saturated heterocycles. The van der Waals surface area contributed by atoms with E-state index in [1.165, 1.54) is 12.8 Å². The van der Waals surface area contributed by atoms with Crippen molar-refractivity contribution in [1.29, 1.82) is 0 Å². The highest BCUT2D eigenvalue weighted by Crippen LogP contribution is 2.41. The van der Waals surface area contributed by atoms with E-state index < -0.39 is 0 Å². The van der Waals surface area contributed by atoms with Gasteiger partial charge in [-0.05, 0) is 50.3 Å². The van der Waals surface area contributed by atoms with Crippen molar-refractivity contribution in [3.63, 3.8) is 0 Å². The van der Waals surface area contributed by atoms with Crippen molar-refractivity contribution in [2.24, 2.45) is 5.92 Å². The van der Waals surface area contributed by atoms with E-state index in [1.807, 2.05) is 12.1 Å². The van der Waals surface area contributed by atoms with Crippen LogP contribution in [0.25, 0.3) is 0 Å². The Bertz CT molecular complexity index is 566. The standard InChI is InChI=1S/C19H28N2O3/c1-19(2)13-21(10-11-24-19)12-17(22)20-18(14-4-5-14)15-6-8-16(23-3)9-7-15/h6-9,14,18H,4-5,10-13H2,1-3H3,(H,20,22). The maximum atomic E-state index is 12.5. The minimum atomic E-state index is -0.176. The van der Waals surface area contributed by atoms with Gasteiger partial charge in [0.05, 0.1) is 31.9 Å². The van der Waals surface area contributed by atoms with Crippen LogP contribution in [0.1, 0.15) is 38.3 Å². The second kappa shape index (κ2) is 7.11. The largest absolute Gasteiger partial charge is 0.497 e. The van der Waals surface area contributed by atoms with E-state index in [0.29, 0.717) is 19.1 Å². The summed E-state index contributed by atoms with van der Waals surface area (Å²) in [7, 11) is 1.67. The molecule has 0 radical (unpaired) electrons. The first-order valence-electron chi connectivity index (χ1n) is 8.76. The molecule has 2 fully saturated rings. The second-order valence-electron chi connectivity index (χ2n) is 7.47. The zero-order chi connectivity index (χ0) is 17.2. The number of rotatable bonds is 6. The van der Waals surface area contributed by atoms with E-state index in [4.69, 9.17) is 9.47 Å². The Kier molecular flexibility index (Phi) is 5.11. The summed E-state index contributed by atoms with van der Waals surface area (Å²) in [6, 6.07) is 8.14. The van der Waals surface area contributed by atoms with Gasteiger partial charge in [0.25, 0.3) is 0 Å². The third-order valence-electron chi connectivity index (χ3n) is 4.76. The summed E-state index contributed by atoms with van der Waals surface area (Å²) in [6.45, 7) is 6.87. The fourth-order valence-corrected chi connectivity index (χ4v) is 3.39. The van der Waals surface area contributed by atoms with E-state index in [0.717, 1.165) is 24.4 Å². The van der Waals surface area contributed by atoms with Crippen molar-refractivity contribution >= 4 is 5.91 Å². The topological polar surface area (TPSA) is 50.8 Å². The molecule has 3 rings (SSSR count). The van der Waals surface area contributed by atoms with Crippen LogP contribution < -0.4 is 10.1 Å². The van der Waals surface area contributed by atoms with Gasteiger partial charge < -0.3 is 14.8 Å². The summed E-state index contributed by atoms with van der Waals surface area (Å²) in [5.74, 6) is 1.50. The summed E-state index contributed by atoms with van der Waals surface area (Å²) >= 11 is 0. The second-order valence-corrected chi connectivity index (χ2v) is 7.47. The van der Waals surface area contributed by atoms with Crippen molar-refractivity contribution in [3.8, 4) is 5.75 Å². The summed E-state index contributed by atoms with van der Waals surface area (Å²) in [6.07, 6.45) is 2.36. The third kappa shape index (κ3) is 4.48. The van der Waals surface area contributed by atoms with Gasteiger partial charge in [0.1, 0.15) is 5.75 Å². The summed E-state index contributed by atoms with van der Waals surface area (Å²) < 4.78 is 10.9. The molecule has 1 amide bonds. The summed E-state index contributed by atoms with van der Waals surface area (Å²) in [5.41, 5.74) is 0.985. The molecule has 1 aromatic rings. The number of hydrogen-bond donors (Lipinski definition) is 1. The predicted octanol–water partition coefficient (Wildman–Crippen LogP) is 2.37. The van der Waals surface area contributed by atoms with Crippen LogP contribution in [0.5, 0.6) is 5.75 Å². The number of hydrogen-bond acceptors (Lipinski definition) is 4. The lowest BCUT2D eigenvalue weighted by molar-refractivity contribution is -0.128. The molecule has 1 atom stereocenters. The smallest absolute Gasteiger partial charge is 0.234 e. The maximum absolute atomic E-state index is 12.5. The van der Waals surface area contributed by atoms with Gasteiger partial charge in [-0.3, -0.25) is 9.69 Å². The van der Waals surface area contributed by atoms with Gasteiger partial charge >= 0.3 is 0 Å². The van der Waals surface area contributed by atoms with Crippen LogP contribution in [0.15, 0.2) is 24.3 Å². The molecular weight excluding hydrogens is 304 g/mol. The number of carbonyl (C=O) groups excluding carboxylic acids is 1. The van der Waals surface area contributed by atoms with Crippen LogP contribution in [0.2, 0.25) is 0 Å². The van der Waals surface area contributed by atoms with E-state index in [1.54, 1.807) is 7.11 Å². The molecule has 1 unspecified atom stereocenters. The molecule has 0 aromatic heterocycles. The monoisotopic (exact) mass is 332 g/mol. The molecule has 1 saturated carbocycles. The van der Waals surface area contributed by atoms with E-state index in [2.05, 4.69) is 36.2 Å². The van der Waals surface area contributed by atoms with Crippen molar-refractivity contribution in [2.75, 3.05) is 33.4 Å². The normalized spacial score (nSPS) is 22.0. The van der Waals surface area contributed by atoms with Gasteiger partial charge in [-0.2, -0.15) is 0 Å². The number of methoxy groups -OCH3 is 1. The SMILES string of the molecule is COc1ccc(C(NC(=O)CN2CCOC(C)(C)C2)C2CC2)cc1. The number of amides is 1. The molecule has 132 valence electrons. The van der Waals surface area contributed by atoms with Crippen molar-refractivity contribution < 1.29 is 14.3 Å². The van der Waals surface area contributed by atoms with Gasteiger partial charge in [0.2, 0.25) is 5.91 Å². The number of carbonyl (C=O) groups is 1. The lowest BCUT2D eigenvalue weighted by atomic mass is 10.0. The highest BCUT2D eigenvalue weighted by Gasteiger charge is 2.34.